The number of nitrogens with one attached hydrogen (secondary N) is 1. The minimum absolute atomic E-state index is 0.261. The van der Waals surface area contributed by atoms with Gasteiger partial charge in [0.1, 0.15) is 0 Å². The Balaban J connectivity index is 2.33. The van der Waals surface area contributed by atoms with Crippen molar-refractivity contribution >= 4 is 11.3 Å². The largest absolute Gasteiger partial charge is 0.377 e. The lowest BCUT2D eigenvalue weighted by Crippen LogP contribution is -2.29. The van der Waals surface area contributed by atoms with E-state index in [9.17, 15) is 0 Å². The van der Waals surface area contributed by atoms with E-state index < -0.39 is 0 Å². The van der Waals surface area contributed by atoms with Gasteiger partial charge in [-0.3, -0.25) is 0 Å². The Morgan fingerprint density at radius 3 is 2.80 bits per heavy atom. The van der Waals surface area contributed by atoms with E-state index in [0.717, 1.165) is 23.9 Å². The van der Waals surface area contributed by atoms with Crippen molar-refractivity contribution in [3.63, 3.8) is 0 Å². The lowest BCUT2D eigenvalue weighted by molar-refractivity contribution is 0.0743. The number of rotatable bonds is 6. The van der Waals surface area contributed by atoms with Gasteiger partial charge in [0.05, 0.1) is 16.8 Å². The first kappa shape index (κ1) is 12.6. The zero-order valence-electron chi connectivity index (χ0n) is 9.91. The molecule has 0 saturated heterocycles. The molecule has 0 aliphatic heterocycles. The molecule has 86 valence electrons. The molecule has 0 bridgehead atoms. The van der Waals surface area contributed by atoms with E-state index in [-0.39, 0.29) is 6.10 Å². The highest BCUT2D eigenvalue weighted by Crippen LogP contribution is 2.15. The Bertz CT molecular complexity index is 288. The molecule has 0 aliphatic carbocycles. The Hall–Kier alpha value is -0.450. The fourth-order valence-electron chi connectivity index (χ4n) is 1.37. The van der Waals surface area contributed by atoms with Crippen molar-refractivity contribution in [2.45, 2.75) is 39.8 Å². The molecular formula is C11H20N2OS. The first-order valence-corrected chi connectivity index (χ1v) is 6.28. The number of thiazole rings is 1. The molecule has 0 fully saturated rings. The van der Waals surface area contributed by atoms with Crippen LogP contribution in [-0.4, -0.2) is 24.2 Å². The molecular weight excluding hydrogens is 208 g/mol. The third-order valence-corrected chi connectivity index (χ3v) is 3.03. The molecule has 0 saturated carbocycles. The van der Waals surface area contributed by atoms with Gasteiger partial charge in [0, 0.05) is 24.6 Å². The molecule has 1 aromatic rings. The van der Waals surface area contributed by atoms with E-state index in [1.807, 2.05) is 13.8 Å². The minimum Gasteiger partial charge on any atom is -0.377 e. The maximum atomic E-state index is 5.45. The van der Waals surface area contributed by atoms with Gasteiger partial charge in [-0.1, -0.05) is 0 Å². The van der Waals surface area contributed by atoms with Crippen LogP contribution < -0.4 is 5.32 Å². The van der Waals surface area contributed by atoms with Gasteiger partial charge in [0.15, 0.2) is 0 Å². The van der Waals surface area contributed by atoms with Crippen molar-refractivity contribution in [1.29, 1.82) is 0 Å². The van der Waals surface area contributed by atoms with Gasteiger partial charge in [-0.05, 0) is 27.7 Å². The average molecular weight is 228 g/mol. The molecule has 0 aromatic carbocycles. The Morgan fingerprint density at radius 1 is 1.53 bits per heavy atom. The quantitative estimate of drug-likeness (QED) is 0.812. The first-order chi connectivity index (χ1) is 7.13. The summed E-state index contributed by atoms with van der Waals surface area (Å²) in [5.41, 5.74) is 1.13. The van der Waals surface area contributed by atoms with E-state index in [1.165, 1.54) is 0 Å². The summed E-state index contributed by atoms with van der Waals surface area (Å²) in [6, 6.07) is 0.304. The molecule has 0 aliphatic rings. The summed E-state index contributed by atoms with van der Waals surface area (Å²) in [6.45, 7) is 9.90. The van der Waals surface area contributed by atoms with Gasteiger partial charge in [0.25, 0.3) is 0 Å². The van der Waals surface area contributed by atoms with Gasteiger partial charge < -0.3 is 10.1 Å². The van der Waals surface area contributed by atoms with Crippen LogP contribution in [0, 0.1) is 6.92 Å². The summed E-state index contributed by atoms with van der Waals surface area (Å²) in [5.74, 6) is 0. The highest BCUT2D eigenvalue weighted by Gasteiger charge is 2.09. The average Bonchev–Trinajstić information content (AvgIpc) is 2.62. The Kier molecular flexibility index (Phi) is 5.22. The maximum Gasteiger partial charge on any atom is 0.0898 e. The molecule has 3 nitrogen and oxygen atoms in total. The zero-order valence-corrected chi connectivity index (χ0v) is 10.7. The minimum atomic E-state index is 0.261. The molecule has 0 radical (unpaired) electrons. The normalized spacial score (nSPS) is 15.2. The summed E-state index contributed by atoms with van der Waals surface area (Å²) in [4.78, 5) is 4.45. The van der Waals surface area contributed by atoms with Crippen LogP contribution >= 0.6 is 11.3 Å². The fourth-order valence-corrected chi connectivity index (χ4v) is 2.08. The van der Waals surface area contributed by atoms with Crippen molar-refractivity contribution in [1.82, 2.24) is 10.3 Å². The van der Waals surface area contributed by atoms with E-state index >= 15 is 0 Å². The van der Waals surface area contributed by atoms with E-state index in [0.29, 0.717) is 6.04 Å². The smallest absolute Gasteiger partial charge is 0.0898 e. The predicted octanol–water partition coefficient (Wildman–Crippen LogP) is 2.53. The molecule has 0 spiro atoms. The van der Waals surface area contributed by atoms with Gasteiger partial charge in [-0.25, -0.2) is 4.98 Å². The monoisotopic (exact) mass is 228 g/mol. The second kappa shape index (κ2) is 6.20. The molecule has 0 amide bonds. The molecule has 1 heterocycles. The fraction of sp³-hybridized carbons (Fsp3) is 0.727. The maximum absolute atomic E-state index is 5.45. The molecule has 1 aromatic heterocycles. The van der Waals surface area contributed by atoms with Crippen LogP contribution in [-0.2, 0) is 4.74 Å². The van der Waals surface area contributed by atoms with Gasteiger partial charge in [-0.15, -0.1) is 11.3 Å². The number of hydrogen-bond donors (Lipinski definition) is 1. The van der Waals surface area contributed by atoms with Gasteiger partial charge in [0.2, 0.25) is 0 Å². The lowest BCUT2D eigenvalue weighted by Gasteiger charge is -2.16. The summed E-state index contributed by atoms with van der Waals surface area (Å²) in [7, 11) is 0. The van der Waals surface area contributed by atoms with Crippen molar-refractivity contribution in [3.8, 4) is 0 Å². The molecule has 1 rings (SSSR count). The van der Waals surface area contributed by atoms with Crippen molar-refractivity contribution in [2.75, 3.05) is 13.2 Å². The summed E-state index contributed by atoms with van der Waals surface area (Å²) >= 11 is 1.69. The molecule has 2 atom stereocenters. The summed E-state index contributed by atoms with van der Waals surface area (Å²) in [5, 5.41) is 6.65. The first-order valence-electron chi connectivity index (χ1n) is 5.40. The Labute approximate surface area is 95.9 Å². The third-order valence-electron chi connectivity index (χ3n) is 2.24. The Morgan fingerprint density at radius 2 is 2.27 bits per heavy atom. The predicted molar refractivity (Wildman–Crippen MR) is 64.4 cm³/mol. The highest BCUT2D eigenvalue weighted by molar-refractivity contribution is 7.09. The molecule has 4 heteroatoms. The van der Waals surface area contributed by atoms with E-state index in [2.05, 4.69) is 29.5 Å². The second-order valence-corrected chi connectivity index (χ2v) is 4.75. The summed E-state index contributed by atoms with van der Waals surface area (Å²) in [6.07, 6.45) is 0.261. The van der Waals surface area contributed by atoms with Crippen LogP contribution in [0.25, 0.3) is 0 Å². The van der Waals surface area contributed by atoms with Crippen molar-refractivity contribution in [2.24, 2.45) is 0 Å². The van der Waals surface area contributed by atoms with Crippen LogP contribution in [0.5, 0.6) is 0 Å². The van der Waals surface area contributed by atoms with Crippen LogP contribution in [0.15, 0.2) is 5.38 Å². The van der Waals surface area contributed by atoms with Crippen LogP contribution in [0.3, 0.4) is 0 Å². The van der Waals surface area contributed by atoms with Gasteiger partial charge in [-0.2, -0.15) is 0 Å². The van der Waals surface area contributed by atoms with Crippen LogP contribution in [0.1, 0.15) is 37.5 Å². The van der Waals surface area contributed by atoms with Crippen molar-refractivity contribution in [3.05, 3.63) is 16.1 Å². The number of hydrogen-bond acceptors (Lipinski definition) is 4. The lowest BCUT2D eigenvalue weighted by atomic mass is 10.2. The molecule has 2 unspecified atom stereocenters. The second-order valence-electron chi connectivity index (χ2n) is 3.69. The van der Waals surface area contributed by atoms with Crippen molar-refractivity contribution < 1.29 is 4.74 Å². The van der Waals surface area contributed by atoms with E-state index in [1.54, 1.807) is 11.3 Å². The van der Waals surface area contributed by atoms with E-state index in [4.69, 9.17) is 4.74 Å². The zero-order chi connectivity index (χ0) is 11.3. The number of aryl methyl sites for hydroxylation is 1. The molecule has 15 heavy (non-hydrogen) atoms. The van der Waals surface area contributed by atoms with Gasteiger partial charge >= 0.3 is 0 Å². The highest BCUT2D eigenvalue weighted by atomic mass is 32.1. The molecule has 1 N–H and O–H groups in total. The number of aromatic nitrogens is 1. The standard InChI is InChI=1S/C11H20N2OS/c1-5-14-8(2)6-12-9(3)11-7-15-10(4)13-11/h7-9,12H,5-6H2,1-4H3. The van der Waals surface area contributed by atoms with Crippen LogP contribution in [0.2, 0.25) is 0 Å². The number of ether oxygens (including phenoxy) is 1. The van der Waals surface area contributed by atoms with Crippen LogP contribution in [0.4, 0.5) is 0 Å². The third kappa shape index (κ3) is 4.28. The SMILES string of the molecule is CCOC(C)CNC(C)c1csc(C)n1. The topological polar surface area (TPSA) is 34.1 Å². The number of nitrogens with zero attached hydrogens (tertiary/aromatic N) is 1. The summed E-state index contributed by atoms with van der Waals surface area (Å²) < 4.78 is 5.45.